The van der Waals surface area contributed by atoms with Gasteiger partial charge in [-0.3, -0.25) is 9.20 Å². The lowest BCUT2D eigenvalue weighted by Crippen LogP contribution is -2.32. The standard InChI is InChI=1S/C28H25N3OS/c1-2-21-13-15-23(16-14-21)26-19-31-25(20-33-28(31)29-26)17-27(32)30(24-11-7-4-8-12-24)18-22-9-5-3-6-10-22/h3-16,19-20H,2,17-18H2,1H3. The highest BCUT2D eigenvalue weighted by atomic mass is 32.1. The molecule has 3 aromatic carbocycles. The van der Waals surface area contributed by atoms with Crippen LogP contribution in [0.4, 0.5) is 5.69 Å². The van der Waals surface area contributed by atoms with E-state index in [1.807, 2.05) is 65.0 Å². The summed E-state index contributed by atoms with van der Waals surface area (Å²) in [6, 6.07) is 28.5. The Balaban J connectivity index is 1.42. The minimum atomic E-state index is 0.0623. The van der Waals surface area contributed by atoms with Crippen molar-refractivity contribution in [2.75, 3.05) is 4.90 Å². The number of imidazole rings is 1. The van der Waals surface area contributed by atoms with Gasteiger partial charge in [0.15, 0.2) is 4.96 Å². The molecule has 0 fully saturated rings. The van der Waals surface area contributed by atoms with Gasteiger partial charge >= 0.3 is 0 Å². The fraction of sp³-hybridized carbons (Fsp3) is 0.143. The van der Waals surface area contributed by atoms with Gasteiger partial charge in [0.1, 0.15) is 0 Å². The lowest BCUT2D eigenvalue weighted by Gasteiger charge is -2.23. The summed E-state index contributed by atoms with van der Waals surface area (Å²) in [7, 11) is 0. The molecule has 2 aromatic heterocycles. The van der Waals surface area contributed by atoms with Gasteiger partial charge in [-0.25, -0.2) is 4.98 Å². The first-order valence-electron chi connectivity index (χ1n) is 11.2. The second kappa shape index (κ2) is 9.43. The van der Waals surface area contributed by atoms with Crippen molar-refractivity contribution in [3.63, 3.8) is 0 Å². The zero-order valence-corrected chi connectivity index (χ0v) is 19.3. The van der Waals surface area contributed by atoms with Crippen LogP contribution < -0.4 is 4.90 Å². The Bertz CT molecular complexity index is 1360. The van der Waals surface area contributed by atoms with Crippen LogP contribution in [0.1, 0.15) is 23.7 Å². The molecule has 0 radical (unpaired) electrons. The van der Waals surface area contributed by atoms with Crippen LogP contribution in [0.15, 0.2) is 96.5 Å². The van der Waals surface area contributed by atoms with Gasteiger partial charge in [0, 0.05) is 28.5 Å². The van der Waals surface area contributed by atoms with E-state index in [9.17, 15) is 4.79 Å². The number of aryl methyl sites for hydroxylation is 1. The molecule has 5 heteroatoms. The van der Waals surface area contributed by atoms with E-state index in [1.54, 1.807) is 11.3 Å². The number of fused-ring (bicyclic) bond motifs is 1. The van der Waals surface area contributed by atoms with Crippen LogP contribution in [0.3, 0.4) is 0 Å². The molecule has 2 heterocycles. The van der Waals surface area contributed by atoms with Gasteiger partial charge in [-0.2, -0.15) is 0 Å². The quantitative estimate of drug-likeness (QED) is 0.287. The summed E-state index contributed by atoms with van der Waals surface area (Å²) in [6.45, 7) is 2.69. The Kier molecular flexibility index (Phi) is 6.05. The monoisotopic (exact) mass is 451 g/mol. The number of carbonyl (C=O) groups excluding carboxylic acids is 1. The fourth-order valence-corrected chi connectivity index (χ4v) is 4.83. The molecular formula is C28H25N3OS. The van der Waals surface area contributed by atoms with E-state index in [4.69, 9.17) is 4.98 Å². The number of hydrogen-bond donors (Lipinski definition) is 0. The summed E-state index contributed by atoms with van der Waals surface area (Å²) in [5, 5.41) is 2.04. The lowest BCUT2D eigenvalue weighted by molar-refractivity contribution is -0.118. The minimum Gasteiger partial charge on any atom is -0.308 e. The van der Waals surface area contributed by atoms with Crippen LogP contribution in [-0.2, 0) is 24.2 Å². The predicted molar refractivity (Wildman–Crippen MR) is 136 cm³/mol. The van der Waals surface area contributed by atoms with Crippen molar-refractivity contribution in [1.82, 2.24) is 9.38 Å². The maximum absolute atomic E-state index is 13.5. The summed E-state index contributed by atoms with van der Waals surface area (Å²) in [5.41, 5.74) is 6.30. The Labute approximate surface area is 197 Å². The Morgan fingerprint density at radius 1 is 0.909 bits per heavy atom. The van der Waals surface area contributed by atoms with E-state index in [-0.39, 0.29) is 5.91 Å². The van der Waals surface area contributed by atoms with Crippen LogP contribution in [0.5, 0.6) is 0 Å². The fourth-order valence-electron chi connectivity index (χ4n) is 3.95. The van der Waals surface area contributed by atoms with Crippen LogP contribution >= 0.6 is 11.3 Å². The molecule has 0 aliphatic heterocycles. The van der Waals surface area contributed by atoms with Gasteiger partial charge < -0.3 is 4.90 Å². The first kappa shape index (κ1) is 21.2. The largest absolute Gasteiger partial charge is 0.308 e. The summed E-state index contributed by atoms with van der Waals surface area (Å²) in [6.07, 6.45) is 3.37. The SMILES string of the molecule is CCc1ccc(-c2cn3c(CC(=O)N(Cc4ccccc4)c4ccccc4)csc3n2)cc1. The van der Waals surface area contributed by atoms with Gasteiger partial charge in [-0.15, -0.1) is 11.3 Å². The number of anilines is 1. The molecule has 0 saturated carbocycles. The number of nitrogens with zero attached hydrogens (tertiary/aromatic N) is 3. The maximum atomic E-state index is 13.5. The molecule has 0 spiro atoms. The number of aromatic nitrogens is 2. The van der Waals surface area contributed by atoms with Gasteiger partial charge in [-0.1, -0.05) is 79.7 Å². The maximum Gasteiger partial charge on any atom is 0.233 e. The molecule has 0 N–H and O–H groups in total. The van der Waals surface area contributed by atoms with Crippen molar-refractivity contribution in [2.24, 2.45) is 0 Å². The molecule has 33 heavy (non-hydrogen) atoms. The molecular weight excluding hydrogens is 426 g/mol. The van der Waals surface area contributed by atoms with Crippen molar-refractivity contribution >= 4 is 27.9 Å². The van der Waals surface area contributed by atoms with Crippen molar-refractivity contribution in [2.45, 2.75) is 26.3 Å². The Morgan fingerprint density at radius 2 is 1.61 bits per heavy atom. The van der Waals surface area contributed by atoms with Gasteiger partial charge in [0.05, 0.1) is 18.7 Å². The molecule has 0 atom stereocenters. The third kappa shape index (κ3) is 4.59. The molecule has 0 saturated heterocycles. The highest BCUT2D eigenvalue weighted by Gasteiger charge is 2.19. The second-order valence-electron chi connectivity index (χ2n) is 8.03. The zero-order chi connectivity index (χ0) is 22.6. The number of hydrogen-bond acceptors (Lipinski definition) is 3. The van der Waals surface area contributed by atoms with Crippen LogP contribution in [-0.4, -0.2) is 15.3 Å². The van der Waals surface area contributed by atoms with Crippen LogP contribution in [0.2, 0.25) is 0 Å². The first-order chi connectivity index (χ1) is 16.2. The highest BCUT2D eigenvalue weighted by Crippen LogP contribution is 2.25. The Hall–Kier alpha value is -3.70. The van der Waals surface area contributed by atoms with Crippen LogP contribution in [0, 0.1) is 0 Å². The van der Waals surface area contributed by atoms with Crippen molar-refractivity contribution in [3.05, 3.63) is 113 Å². The Morgan fingerprint density at radius 3 is 2.30 bits per heavy atom. The average molecular weight is 452 g/mol. The molecule has 0 aliphatic carbocycles. The molecule has 164 valence electrons. The second-order valence-corrected chi connectivity index (χ2v) is 8.87. The molecule has 0 unspecified atom stereocenters. The molecule has 1 amide bonds. The van der Waals surface area contributed by atoms with E-state index in [0.29, 0.717) is 13.0 Å². The average Bonchev–Trinajstić information content (AvgIpc) is 3.46. The lowest BCUT2D eigenvalue weighted by atomic mass is 10.1. The number of thiazole rings is 1. The first-order valence-corrected chi connectivity index (χ1v) is 12.0. The molecule has 5 aromatic rings. The number of carbonyl (C=O) groups is 1. The van der Waals surface area contributed by atoms with Crippen molar-refractivity contribution in [3.8, 4) is 11.3 Å². The van der Waals surface area contributed by atoms with E-state index in [0.717, 1.165) is 39.6 Å². The smallest absolute Gasteiger partial charge is 0.233 e. The van der Waals surface area contributed by atoms with Crippen molar-refractivity contribution in [1.29, 1.82) is 0 Å². The normalized spacial score (nSPS) is 11.1. The number of rotatable bonds is 7. The topological polar surface area (TPSA) is 37.6 Å². The van der Waals surface area contributed by atoms with Crippen molar-refractivity contribution < 1.29 is 4.79 Å². The highest BCUT2D eigenvalue weighted by molar-refractivity contribution is 7.15. The summed E-state index contributed by atoms with van der Waals surface area (Å²) in [4.78, 5) is 21.1. The number of benzene rings is 3. The summed E-state index contributed by atoms with van der Waals surface area (Å²) >= 11 is 1.57. The predicted octanol–water partition coefficient (Wildman–Crippen LogP) is 6.40. The summed E-state index contributed by atoms with van der Waals surface area (Å²) < 4.78 is 2.05. The zero-order valence-electron chi connectivity index (χ0n) is 18.5. The van der Waals surface area contributed by atoms with Crippen LogP contribution in [0.25, 0.3) is 16.2 Å². The molecule has 0 aliphatic rings. The third-order valence-electron chi connectivity index (χ3n) is 5.83. The van der Waals surface area contributed by atoms with Gasteiger partial charge in [0.2, 0.25) is 5.91 Å². The molecule has 0 bridgehead atoms. The minimum absolute atomic E-state index is 0.0623. The van der Waals surface area contributed by atoms with E-state index in [1.165, 1.54) is 5.56 Å². The number of amides is 1. The van der Waals surface area contributed by atoms with Gasteiger partial charge in [0.25, 0.3) is 0 Å². The van der Waals surface area contributed by atoms with E-state index < -0.39 is 0 Å². The third-order valence-corrected chi connectivity index (χ3v) is 6.71. The number of para-hydroxylation sites is 1. The van der Waals surface area contributed by atoms with E-state index >= 15 is 0 Å². The van der Waals surface area contributed by atoms with E-state index in [2.05, 4.69) is 47.7 Å². The molecule has 4 nitrogen and oxygen atoms in total. The summed E-state index contributed by atoms with van der Waals surface area (Å²) in [5.74, 6) is 0.0623. The molecule has 5 rings (SSSR count). The van der Waals surface area contributed by atoms with Gasteiger partial charge in [-0.05, 0) is 29.7 Å².